The van der Waals surface area contributed by atoms with Crippen LogP contribution in [-0.4, -0.2) is 21.6 Å². The first-order chi connectivity index (χ1) is 13.8. The number of aliphatic carboxylic acids is 1. The molecule has 0 aliphatic carbocycles. The second-order valence-electron chi connectivity index (χ2n) is 7.10. The van der Waals surface area contributed by atoms with Crippen LogP contribution >= 0.6 is 0 Å². The Morgan fingerprint density at radius 2 is 1.52 bits per heavy atom. The average molecular weight is 394 g/mol. The number of carbonyl (C=O) groups excluding carboxylic acids is 1. The summed E-state index contributed by atoms with van der Waals surface area (Å²) < 4.78 is 15.3. The number of anilines is 1. The molecule has 0 radical (unpaired) electrons. The van der Waals surface area contributed by atoms with Crippen molar-refractivity contribution in [3.63, 3.8) is 0 Å². The molecule has 0 spiro atoms. The second-order valence-corrected chi connectivity index (χ2v) is 7.10. The largest absolute Gasteiger partial charge is 0.481 e. The Labute approximate surface area is 168 Å². The molecule has 0 aliphatic rings. The lowest BCUT2D eigenvalue weighted by atomic mass is 9.92. The van der Waals surface area contributed by atoms with Gasteiger partial charge in [-0.3, -0.25) is 9.59 Å². The Morgan fingerprint density at radius 3 is 2.07 bits per heavy atom. The van der Waals surface area contributed by atoms with Crippen molar-refractivity contribution in [2.45, 2.75) is 32.6 Å². The second kappa shape index (κ2) is 8.73. The molecule has 1 atom stereocenters. The fourth-order valence-corrected chi connectivity index (χ4v) is 3.46. The van der Waals surface area contributed by atoms with Gasteiger partial charge in [0.15, 0.2) is 0 Å². The van der Waals surface area contributed by atoms with Crippen LogP contribution in [0.5, 0.6) is 0 Å². The van der Waals surface area contributed by atoms with Crippen molar-refractivity contribution in [2.75, 3.05) is 5.32 Å². The van der Waals surface area contributed by atoms with Gasteiger partial charge in [0.25, 0.3) is 0 Å². The van der Waals surface area contributed by atoms with Crippen LogP contribution in [0.15, 0.2) is 60.7 Å². The quantitative estimate of drug-likeness (QED) is 0.603. The highest BCUT2D eigenvalue weighted by atomic mass is 19.1. The Kier molecular flexibility index (Phi) is 6.12. The summed E-state index contributed by atoms with van der Waals surface area (Å²) in [5.74, 6) is -2.23. The molecular weight excluding hydrogens is 371 g/mol. The first kappa shape index (κ1) is 20.3. The van der Waals surface area contributed by atoms with Crippen LogP contribution in [0.1, 0.15) is 35.7 Å². The highest BCUT2D eigenvalue weighted by Gasteiger charge is 2.19. The van der Waals surface area contributed by atoms with Crippen molar-refractivity contribution in [3.8, 4) is 5.69 Å². The van der Waals surface area contributed by atoms with Gasteiger partial charge in [0, 0.05) is 35.1 Å². The molecule has 1 heterocycles. The van der Waals surface area contributed by atoms with Crippen LogP contribution < -0.4 is 5.32 Å². The third-order valence-electron chi connectivity index (χ3n) is 4.87. The number of hydrogen-bond acceptors (Lipinski definition) is 2. The number of halogens is 1. The Bertz CT molecular complexity index is 988. The van der Waals surface area contributed by atoms with E-state index < -0.39 is 17.7 Å². The molecule has 3 rings (SSSR count). The Hall–Kier alpha value is -3.41. The molecule has 3 aromatic rings. The predicted octanol–water partition coefficient (Wildman–Crippen LogP) is 4.82. The molecule has 29 heavy (non-hydrogen) atoms. The lowest BCUT2D eigenvalue weighted by Crippen LogP contribution is -2.17. The maximum Gasteiger partial charge on any atom is 0.303 e. The molecule has 0 fully saturated rings. The minimum atomic E-state index is -1.01. The monoisotopic (exact) mass is 394 g/mol. The number of carboxylic acids is 1. The van der Waals surface area contributed by atoms with E-state index >= 15 is 0 Å². The van der Waals surface area contributed by atoms with Crippen LogP contribution in [0.3, 0.4) is 0 Å². The van der Waals surface area contributed by atoms with Crippen LogP contribution in [0.2, 0.25) is 0 Å². The summed E-state index contributed by atoms with van der Waals surface area (Å²) in [6, 6.07) is 17.1. The molecule has 5 nitrogen and oxygen atoms in total. The summed E-state index contributed by atoms with van der Waals surface area (Å²) in [6.45, 7) is 4.06. The average Bonchev–Trinajstić information content (AvgIpc) is 3.00. The fourth-order valence-electron chi connectivity index (χ4n) is 3.46. The van der Waals surface area contributed by atoms with Gasteiger partial charge >= 0.3 is 5.97 Å². The van der Waals surface area contributed by atoms with E-state index in [-0.39, 0.29) is 18.7 Å². The number of aryl methyl sites for hydroxylation is 2. The summed E-state index contributed by atoms with van der Waals surface area (Å²) in [7, 11) is 0. The van der Waals surface area contributed by atoms with Crippen LogP contribution in [0.4, 0.5) is 10.1 Å². The third kappa shape index (κ3) is 5.10. The standard InChI is InChI=1S/C23H23FN2O3/c1-15-3-4-16(2)26(15)21-11-9-20(10-12-21)25-22(27)13-18(14-23(28)29)17-5-7-19(24)8-6-17/h3-12,18H,13-14H2,1-2H3,(H,25,27)(H,28,29). The minimum Gasteiger partial charge on any atom is -0.481 e. The Balaban J connectivity index is 1.69. The van der Waals surface area contributed by atoms with Crippen LogP contribution in [0, 0.1) is 19.7 Å². The van der Waals surface area contributed by atoms with E-state index in [1.54, 1.807) is 0 Å². The lowest BCUT2D eigenvalue weighted by Gasteiger charge is -2.16. The molecule has 1 aromatic heterocycles. The normalized spacial score (nSPS) is 11.8. The molecule has 0 bridgehead atoms. The first-order valence-corrected chi connectivity index (χ1v) is 9.36. The van der Waals surface area contributed by atoms with Crippen LogP contribution in [-0.2, 0) is 9.59 Å². The number of benzene rings is 2. The van der Waals surface area contributed by atoms with Gasteiger partial charge in [-0.25, -0.2) is 4.39 Å². The van der Waals surface area contributed by atoms with E-state index in [1.807, 2.05) is 50.2 Å². The summed E-state index contributed by atoms with van der Waals surface area (Å²) in [6.07, 6.45) is -0.209. The van der Waals surface area contributed by atoms with Crippen molar-refractivity contribution in [1.82, 2.24) is 4.57 Å². The molecule has 6 heteroatoms. The zero-order chi connectivity index (χ0) is 21.0. The maximum absolute atomic E-state index is 13.1. The molecule has 0 aliphatic heterocycles. The number of carboxylic acid groups (broad SMARTS) is 1. The van der Waals surface area contributed by atoms with Gasteiger partial charge in [0.05, 0.1) is 6.42 Å². The summed E-state index contributed by atoms with van der Waals surface area (Å²) in [5, 5.41) is 12.0. The lowest BCUT2D eigenvalue weighted by molar-refractivity contribution is -0.137. The highest BCUT2D eigenvalue weighted by Crippen LogP contribution is 2.25. The number of amides is 1. The maximum atomic E-state index is 13.1. The number of nitrogens with zero attached hydrogens (tertiary/aromatic N) is 1. The van der Waals surface area contributed by atoms with Gasteiger partial charge in [-0.2, -0.15) is 0 Å². The summed E-state index contributed by atoms with van der Waals surface area (Å²) in [5.41, 5.74) is 4.50. The summed E-state index contributed by atoms with van der Waals surface area (Å²) >= 11 is 0. The van der Waals surface area contributed by atoms with Crippen molar-refractivity contribution >= 4 is 17.6 Å². The van der Waals surface area contributed by atoms with Crippen LogP contribution in [0.25, 0.3) is 5.69 Å². The zero-order valence-corrected chi connectivity index (χ0v) is 16.4. The van der Waals surface area contributed by atoms with E-state index in [0.717, 1.165) is 17.1 Å². The van der Waals surface area contributed by atoms with E-state index in [1.165, 1.54) is 24.3 Å². The van der Waals surface area contributed by atoms with Gasteiger partial charge in [0.1, 0.15) is 5.82 Å². The molecule has 1 amide bonds. The van der Waals surface area contributed by atoms with Crippen molar-refractivity contribution < 1.29 is 19.1 Å². The molecule has 2 aromatic carbocycles. The van der Waals surface area contributed by atoms with Crippen molar-refractivity contribution in [2.24, 2.45) is 0 Å². The van der Waals surface area contributed by atoms with E-state index in [0.29, 0.717) is 11.3 Å². The fraction of sp³-hybridized carbons (Fsp3) is 0.217. The number of aromatic nitrogens is 1. The number of nitrogens with one attached hydrogen (secondary N) is 1. The predicted molar refractivity (Wildman–Crippen MR) is 110 cm³/mol. The molecule has 0 saturated heterocycles. The molecule has 150 valence electrons. The highest BCUT2D eigenvalue weighted by molar-refractivity contribution is 5.91. The van der Waals surface area contributed by atoms with E-state index in [9.17, 15) is 14.0 Å². The van der Waals surface area contributed by atoms with Crippen molar-refractivity contribution in [3.05, 3.63) is 83.4 Å². The van der Waals surface area contributed by atoms with E-state index in [2.05, 4.69) is 9.88 Å². The zero-order valence-electron chi connectivity index (χ0n) is 16.4. The first-order valence-electron chi connectivity index (χ1n) is 9.36. The van der Waals surface area contributed by atoms with Gasteiger partial charge < -0.3 is 15.0 Å². The number of hydrogen-bond donors (Lipinski definition) is 2. The summed E-state index contributed by atoms with van der Waals surface area (Å²) in [4.78, 5) is 23.7. The topological polar surface area (TPSA) is 71.3 Å². The van der Waals surface area contributed by atoms with Gasteiger partial charge in [-0.05, 0) is 67.9 Å². The Morgan fingerprint density at radius 1 is 0.931 bits per heavy atom. The van der Waals surface area contributed by atoms with Crippen molar-refractivity contribution in [1.29, 1.82) is 0 Å². The molecule has 1 unspecified atom stereocenters. The number of carbonyl (C=O) groups is 2. The van der Waals surface area contributed by atoms with Gasteiger partial charge in [-0.1, -0.05) is 12.1 Å². The minimum absolute atomic E-state index is 0.00446. The van der Waals surface area contributed by atoms with E-state index in [4.69, 9.17) is 5.11 Å². The molecule has 0 saturated carbocycles. The number of rotatable bonds is 7. The SMILES string of the molecule is Cc1ccc(C)n1-c1ccc(NC(=O)CC(CC(=O)O)c2ccc(F)cc2)cc1. The molecule has 2 N–H and O–H groups in total. The van der Waals surface area contributed by atoms with Gasteiger partial charge in [0.2, 0.25) is 5.91 Å². The smallest absolute Gasteiger partial charge is 0.303 e. The van der Waals surface area contributed by atoms with Gasteiger partial charge in [-0.15, -0.1) is 0 Å². The third-order valence-corrected chi connectivity index (χ3v) is 4.87. The molecular formula is C23H23FN2O3.